The van der Waals surface area contributed by atoms with Gasteiger partial charge >= 0.3 is 0 Å². The van der Waals surface area contributed by atoms with Crippen molar-refractivity contribution in [2.24, 2.45) is 0 Å². The van der Waals surface area contributed by atoms with Crippen LogP contribution in [0, 0.1) is 19.7 Å². The van der Waals surface area contributed by atoms with Gasteiger partial charge in [-0.1, -0.05) is 12.1 Å². The third-order valence-electron chi connectivity index (χ3n) is 5.29. The minimum atomic E-state index is -0.486. The second-order valence-corrected chi connectivity index (χ2v) is 9.07. The standard InChI is InChI=1S/C24H26FN3O2S/c1-16-12-17(2)28(27-16)23-7-6-19(14-22(23)25)24(29)26-20-5-3-4-18(13-20)15-31-21-8-10-30-11-9-21/h3-7,12-14,21H,8-11,15H2,1-2H3,(H,26,29). The number of thioether (sulfide) groups is 1. The molecule has 0 bridgehead atoms. The Labute approximate surface area is 186 Å². The molecule has 0 saturated carbocycles. The van der Waals surface area contributed by atoms with Gasteiger partial charge in [0.25, 0.3) is 5.91 Å². The van der Waals surface area contributed by atoms with Crippen molar-refractivity contribution in [3.05, 3.63) is 76.9 Å². The van der Waals surface area contributed by atoms with Crippen molar-refractivity contribution in [2.45, 2.75) is 37.7 Å². The van der Waals surface area contributed by atoms with E-state index in [4.69, 9.17) is 4.74 Å². The second kappa shape index (κ2) is 9.66. The van der Waals surface area contributed by atoms with Gasteiger partial charge < -0.3 is 10.1 Å². The first-order chi connectivity index (χ1) is 15.0. The van der Waals surface area contributed by atoms with Crippen LogP contribution in [0.2, 0.25) is 0 Å². The van der Waals surface area contributed by atoms with E-state index in [-0.39, 0.29) is 11.5 Å². The van der Waals surface area contributed by atoms with Crippen LogP contribution in [0.5, 0.6) is 0 Å². The number of nitrogens with zero attached hydrogens (tertiary/aromatic N) is 2. The number of aromatic nitrogens is 2. The minimum Gasteiger partial charge on any atom is -0.381 e. The fraction of sp³-hybridized carbons (Fsp3) is 0.333. The van der Waals surface area contributed by atoms with Crippen molar-refractivity contribution in [1.29, 1.82) is 0 Å². The van der Waals surface area contributed by atoms with Gasteiger partial charge in [-0.15, -0.1) is 0 Å². The van der Waals surface area contributed by atoms with Crippen LogP contribution >= 0.6 is 11.8 Å². The number of carbonyl (C=O) groups excluding carboxylic acids is 1. The van der Waals surface area contributed by atoms with Gasteiger partial charge in [-0.25, -0.2) is 9.07 Å². The lowest BCUT2D eigenvalue weighted by Crippen LogP contribution is -2.17. The summed E-state index contributed by atoms with van der Waals surface area (Å²) in [4.78, 5) is 12.7. The summed E-state index contributed by atoms with van der Waals surface area (Å²) in [7, 11) is 0. The molecule has 5 nitrogen and oxygen atoms in total. The first kappa shape index (κ1) is 21.6. The zero-order valence-corrected chi connectivity index (χ0v) is 18.5. The molecule has 2 aromatic carbocycles. The van der Waals surface area contributed by atoms with E-state index in [1.807, 2.05) is 49.9 Å². The van der Waals surface area contributed by atoms with Crippen LogP contribution in [0.4, 0.5) is 10.1 Å². The van der Waals surface area contributed by atoms with Gasteiger partial charge in [0, 0.05) is 41.2 Å². The maximum atomic E-state index is 14.7. The SMILES string of the molecule is Cc1cc(C)n(-c2ccc(C(=O)Nc3cccc(CSC4CCOCC4)c3)cc2F)n1. The molecule has 1 N–H and O–H groups in total. The third kappa shape index (κ3) is 5.35. The number of hydrogen-bond acceptors (Lipinski definition) is 4. The molecule has 31 heavy (non-hydrogen) atoms. The molecule has 4 rings (SSSR count). The molecule has 0 spiro atoms. The Bertz CT molecular complexity index is 1080. The first-order valence-electron chi connectivity index (χ1n) is 10.4. The minimum absolute atomic E-state index is 0.268. The van der Waals surface area contributed by atoms with Gasteiger partial charge in [0.05, 0.1) is 5.69 Å². The van der Waals surface area contributed by atoms with E-state index in [9.17, 15) is 9.18 Å². The molecule has 0 aliphatic carbocycles. The van der Waals surface area contributed by atoms with E-state index >= 15 is 0 Å². The number of amides is 1. The van der Waals surface area contributed by atoms with E-state index in [1.54, 1.807) is 16.8 Å². The fourth-order valence-corrected chi connectivity index (χ4v) is 4.83. The predicted octanol–water partition coefficient (Wildman–Crippen LogP) is 5.29. The Kier molecular flexibility index (Phi) is 6.73. The lowest BCUT2D eigenvalue weighted by molar-refractivity contribution is 0.1000. The first-order valence-corrected chi connectivity index (χ1v) is 11.5. The van der Waals surface area contributed by atoms with Crippen molar-refractivity contribution in [2.75, 3.05) is 18.5 Å². The average molecular weight is 440 g/mol. The fourth-order valence-electron chi connectivity index (χ4n) is 3.69. The van der Waals surface area contributed by atoms with Crippen LogP contribution in [-0.4, -0.2) is 34.2 Å². The number of hydrogen-bond donors (Lipinski definition) is 1. The third-order valence-corrected chi connectivity index (χ3v) is 6.73. The topological polar surface area (TPSA) is 56.2 Å². The highest BCUT2D eigenvalue weighted by Crippen LogP contribution is 2.26. The molecule has 1 fully saturated rings. The van der Waals surface area contributed by atoms with E-state index in [0.717, 1.165) is 48.8 Å². The summed E-state index contributed by atoms with van der Waals surface area (Å²) >= 11 is 1.93. The number of anilines is 1. The number of aryl methyl sites for hydroxylation is 2. The van der Waals surface area contributed by atoms with Gasteiger partial charge in [-0.05, 0) is 68.7 Å². The normalized spacial score (nSPS) is 14.5. The molecule has 2 heterocycles. The molecular weight excluding hydrogens is 413 g/mol. The molecule has 0 unspecified atom stereocenters. The molecule has 0 radical (unpaired) electrons. The predicted molar refractivity (Wildman–Crippen MR) is 123 cm³/mol. The Balaban J connectivity index is 1.42. The summed E-state index contributed by atoms with van der Waals surface area (Å²) in [6, 6.07) is 14.2. The molecule has 0 atom stereocenters. The molecule has 1 amide bonds. The number of rotatable bonds is 6. The quantitative estimate of drug-likeness (QED) is 0.567. The summed E-state index contributed by atoms with van der Waals surface area (Å²) in [5.41, 5.74) is 4.11. The van der Waals surface area contributed by atoms with Crippen molar-refractivity contribution in [3.63, 3.8) is 0 Å². The van der Waals surface area contributed by atoms with Gasteiger partial charge in [0.1, 0.15) is 11.5 Å². The van der Waals surface area contributed by atoms with Gasteiger partial charge in [0.15, 0.2) is 0 Å². The number of nitrogens with one attached hydrogen (secondary N) is 1. The molecular formula is C24H26FN3O2S. The smallest absolute Gasteiger partial charge is 0.255 e. The molecule has 1 saturated heterocycles. The van der Waals surface area contributed by atoms with Crippen molar-refractivity contribution in [1.82, 2.24) is 9.78 Å². The monoisotopic (exact) mass is 439 g/mol. The summed E-state index contributed by atoms with van der Waals surface area (Å²) in [5.74, 6) is 0.0638. The Morgan fingerprint density at radius 2 is 2.00 bits per heavy atom. The summed E-state index contributed by atoms with van der Waals surface area (Å²) in [6.45, 7) is 5.40. The zero-order valence-electron chi connectivity index (χ0n) is 17.7. The maximum absolute atomic E-state index is 14.7. The summed E-state index contributed by atoms with van der Waals surface area (Å²) in [6.07, 6.45) is 2.17. The van der Waals surface area contributed by atoms with Gasteiger partial charge in [-0.2, -0.15) is 16.9 Å². The Morgan fingerprint density at radius 3 is 2.71 bits per heavy atom. The molecule has 162 valence electrons. The van der Waals surface area contributed by atoms with E-state index in [2.05, 4.69) is 16.5 Å². The molecule has 3 aromatic rings. The van der Waals surface area contributed by atoms with Crippen LogP contribution in [0.15, 0.2) is 48.5 Å². The number of benzene rings is 2. The Morgan fingerprint density at radius 1 is 1.19 bits per heavy atom. The number of halogens is 1. The number of carbonyl (C=O) groups is 1. The average Bonchev–Trinajstić information content (AvgIpc) is 3.11. The van der Waals surface area contributed by atoms with Crippen LogP contribution in [0.25, 0.3) is 5.69 Å². The van der Waals surface area contributed by atoms with Crippen molar-refractivity contribution in [3.8, 4) is 5.69 Å². The zero-order chi connectivity index (χ0) is 21.8. The van der Waals surface area contributed by atoms with E-state index in [1.165, 1.54) is 6.07 Å². The highest BCUT2D eigenvalue weighted by molar-refractivity contribution is 7.99. The van der Waals surface area contributed by atoms with Gasteiger partial charge in [0.2, 0.25) is 0 Å². The van der Waals surface area contributed by atoms with Crippen LogP contribution in [0.1, 0.15) is 40.2 Å². The summed E-state index contributed by atoms with van der Waals surface area (Å²) < 4.78 is 21.7. The van der Waals surface area contributed by atoms with Crippen molar-refractivity contribution >= 4 is 23.4 Å². The Hall–Kier alpha value is -2.64. The molecule has 1 aliphatic rings. The highest BCUT2D eigenvalue weighted by atomic mass is 32.2. The van der Waals surface area contributed by atoms with Crippen molar-refractivity contribution < 1.29 is 13.9 Å². The molecule has 7 heteroatoms. The van der Waals surface area contributed by atoms with E-state index < -0.39 is 5.82 Å². The lowest BCUT2D eigenvalue weighted by atomic mass is 10.1. The second-order valence-electron chi connectivity index (χ2n) is 7.78. The molecule has 1 aromatic heterocycles. The largest absolute Gasteiger partial charge is 0.381 e. The summed E-state index contributed by atoms with van der Waals surface area (Å²) in [5, 5.41) is 7.81. The number of ether oxygens (including phenoxy) is 1. The maximum Gasteiger partial charge on any atom is 0.255 e. The van der Waals surface area contributed by atoms with Gasteiger partial charge in [-0.3, -0.25) is 4.79 Å². The van der Waals surface area contributed by atoms with Crippen LogP contribution in [-0.2, 0) is 10.5 Å². The van der Waals surface area contributed by atoms with Crippen LogP contribution in [0.3, 0.4) is 0 Å². The molecule has 1 aliphatic heterocycles. The van der Waals surface area contributed by atoms with E-state index in [0.29, 0.717) is 16.6 Å². The highest BCUT2D eigenvalue weighted by Gasteiger charge is 2.15. The van der Waals surface area contributed by atoms with Crippen LogP contribution < -0.4 is 5.32 Å². The lowest BCUT2D eigenvalue weighted by Gasteiger charge is -2.21.